The number of hydrogen-bond acceptors (Lipinski definition) is 5. The van der Waals surface area contributed by atoms with Gasteiger partial charge in [0.25, 0.3) is 0 Å². The highest BCUT2D eigenvalue weighted by atomic mass is 32.2. The molecule has 0 saturated heterocycles. The second-order valence-electron chi connectivity index (χ2n) is 4.43. The third-order valence-electron chi connectivity index (χ3n) is 2.93. The average molecular weight is 308 g/mol. The quantitative estimate of drug-likeness (QED) is 0.747. The monoisotopic (exact) mass is 308 g/mol. The summed E-state index contributed by atoms with van der Waals surface area (Å²) in [6, 6.07) is 7.57. The van der Waals surface area contributed by atoms with E-state index in [-0.39, 0.29) is 4.90 Å². The molecule has 0 aliphatic rings. The van der Waals surface area contributed by atoms with Crippen molar-refractivity contribution in [3.63, 3.8) is 0 Å². The predicted octanol–water partition coefficient (Wildman–Crippen LogP) is 1.94. The van der Waals surface area contributed by atoms with Crippen LogP contribution < -0.4 is 0 Å². The van der Waals surface area contributed by atoms with Crippen LogP contribution in [0.5, 0.6) is 11.5 Å². The molecule has 0 bridgehead atoms. The third-order valence-corrected chi connectivity index (χ3v) is 4.77. The molecule has 110 valence electrons. The molecule has 0 atom stereocenters. The number of aromatic carboxylic acids is 1. The van der Waals surface area contributed by atoms with E-state index in [1.807, 2.05) is 0 Å². The van der Waals surface area contributed by atoms with Crippen molar-refractivity contribution in [3.05, 3.63) is 47.5 Å². The summed E-state index contributed by atoms with van der Waals surface area (Å²) < 4.78 is 25.0. The first-order valence-electron chi connectivity index (χ1n) is 5.85. The Balaban J connectivity index is 2.79. The maximum absolute atomic E-state index is 12.5. The van der Waals surface area contributed by atoms with E-state index >= 15 is 0 Å². The summed E-state index contributed by atoms with van der Waals surface area (Å²) in [5.74, 6) is -3.11. The average Bonchev–Trinajstić information content (AvgIpc) is 2.41. The number of carbonyl (C=O) groups is 1. The van der Waals surface area contributed by atoms with E-state index in [2.05, 4.69) is 0 Å². The summed E-state index contributed by atoms with van der Waals surface area (Å²) >= 11 is 0. The highest BCUT2D eigenvalue weighted by molar-refractivity contribution is 7.91. The second kappa shape index (κ2) is 5.10. The van der Waals surface area contributed by atoms with E-state index in [0.717, 1.165) is 17.7 Å². The van der Waals surface area contributed by atoms with Crippen LogP contribution in [0.1, 0.15) is 15.9 Å². The first-order chi connectivity index (χ1) is 9.75. The number of aromatic hydroxyl groups is 2. The summed E-state index contributed by atoms with van der Waals surface area (Å²) in [4.78, 5) is 10.2. The topological polar surface area (TPSA) is 112 Å². The highest BCUT2D eigenvalue weighted by Crippen LogP contribution is 2.36. The molecule has 0 spiro atoms. The Hall–Kier alpha value is -2.54. The van der Waals surface area contributed by atoms with Gasteiger partial charge in [-0.1, -0.05) is 17.7 Å². The normalized spacial score (nSPS) is 11.3. The van der Waals surface area contributed by atoms with Crippen LogP contribution in [0.3, 0.4) is 0 Å². The van der Waals surface area contributed by atoms with Gasteiger partial charge in [-0.25, -0.2) is 13.2 Å². The molecule has 7 heteroatoms. The number of carboxylic acid groups (broad SMARTS) is 1. The Bertz CT molecular complexity index is 806. The standard InChI is InChI=1S/C14H12O6S/c1-8-2-4-9(5-3-8)21(19,20)13-11(16)7-6-10(15)12(13)14(17)18/h2-7,15-16H,1H3,(H,17,18). The molecule has 2 rings (SSSR count). The first-order valence-corrected chi connectivity index (χ1v) is 7.33. The van der Waals surface area contributed by atoms with Crippen LogP contribution in [0, 0.1) is 6.92 Å². The van der Waals surface area contributed by atoms with E-state index in [4.69, 9.17) is 5.11 Å². The minimum absolute atomic E-state index is 0.170. The number of carboxylic acids is 1. The molecule has 3 N–H and O–H groups in total. The summed E-state index contributed by atoms with van der Waals surface area (Å²) in [7, 11) is -4.28. The van der Waals surface area contributed by atoms with Gasteiger partial charge in [0.15, 0.2) is 0 Å². The van der Waals surface area contributed by atoms with Crippen molar-refractivity contribution in [2.45, 2.75) is 16.7 Å². The van der Waals surface area contributed by atoms with E-state index in [0.29, 0.717) is 0 Å². The Morgan fingerprint density at radius 1 is 0.952 bits per heavy atom. The summed E-state index contributed by atoms with van der Waals surface area (Å²) in [5, 5.41) is 28.4. The van der Waals surface area contributed by atoms with Gasteiger partial charge in [-0.15, -0.1) is 0 Å². The van der Waals surface area contributed by atoms with Gasteiger partial charge in [-0.3, -0.25) is 0 Å². The fourth-order valence-electron chi connectivity index (χ4n) is 1.88. The van der Waals surface area contributed by atoms with E-state index in [1.165, 1.54) is 12.1 Å². The lowest BCUT2D eigenvalue weighted by atomic mass is 10.2. The van der Waals surface area contributed by atoms with Crippen molar-refractivity contribution in [3.8, 4) is 11.5 Å². The van der Waals surface area contributed by atoms with Crippen LogP contribution >= 0.6 is 0 Å². The lowest BCUT2D eigenvalue weighted by Gasteiger charge is -2.11. The maximum Gasteiger partial charge on any atom is 0.340 e. The van der Waals surface area contributed by atoms with Gasteiger partial charge in [-0.05, 0) is 31.2 Å². The van der Waals surface area contributed by atoms with Crippen molar-refractivity contribution < 1.29 is 28.5 Å². The Morgan fingerprint density at radius 3 is 2.00 bits per heavy atom. The van der Waals surface area contributed by atoms with Gasteiger partial charge in [0.05, 0.1) is 4.90 Å². The minimum Gasteiger partial charge on any atom is -0.507 e. The van der Waals surface area contributed by atoms with Crippen LogP contribution in [0.15, 0.2) is 46.2 Å². The number of sulfone groups is 1. The summed E-state index contributed by atoms with van der Waals surface area (Å²) in [5.41, 5.74) is -0.0249. The minimum atomic E-state index is -4.28. The van der Waals surface area contributed by atoms with Gasteiger partial charge in [-0.2, -0.15) is 0 Å². The molecule has 0 unspecified atom stereocenters. The van der Waals surface area contributed by atoms with Gasteiger partial charge in [0.1, 0.15) is 22.0 Å². The molecule has 6 nitrogen and oxygen atoms in total. The van der Waals surface area contributed by atoms with E-state index in [9.17, 15) is 23.4 Å². The van der Waals surface area contributed by atoms with Crippen molar-refractivity contribution >= 4 is 15.8 Å². The largest absolute Gasteiger partial charge is 0.507 e. The number of aryl methyl sites for hydroxylation is 1. The third kappa shape index (κ3) is 2.55. The SMILES string of the molecule is Cc1ccc(S(=O)(=O)c2c(O)ccc(O)c2C(=O)O)cc1. The smallest absolute Gasteiger partial charge is 0.340 e. The number of benzene rings is 2. The Kier molecular flexibility index (Phi) is 3.61. The highest BCUT2D eigenvalue weighted by Gasteiger charge is 2.30. The van der Waals surface area contributed by atoms with E-state index < -0.39 is 37.8 Å². The number of phenolic OH excluding ortho intramolecular Hbond substituents is 1. The molecule has 0 heterocycles. The number of phenols is 2. The van der Waals surface area contributed by atoms with Crippen LogP contribution in [0.4, 0.5) is 0 Å². The molecule has 0 saturated carbocycles. The Morgan fingerprint density at radius 2 is 1.48 bits per heavy atom. The second-order valence-corrected chi connectivity index (χ2v) is 6.32. The zero-order valence-electron chi connectivity index (χ0n) is 10.9. The molecule has 0 amide bonds. The molecule has 0 radical (unpaired) electrons. The molecule has 2 aromatic rings. The summed E-state index contributed by atoms with van der Waals surface area (Å²) in [6.45, 7) is 1.77. The zero-order chi connectivity index (χ0) is 15.8. The van der Waals surface area contributed by atoms with Crippen LogP contribution in [0.2, 0.25) is 0 Å². The lowest BCUT2D eigenvalue weighted by molar-refractivity contribution is 0.0688. The molecule has 0 aliphatic carbocycles. The zero-order valence-corrected chi connectivity index (χ0v) is 11.8. The van der Waals surface area contributed by atoms with Crippen LogP contribution in [0.25, 0.3) is 0 Å². The predicted molar refractivity (Wildman–Crippen MR) is 73.4 cm³/mol. The Labute approximate surface area is 120 Å². The van der Waals surface area contributed by atoms with Crippen molar-refractivity contribution in [1.82, 2.24) is 0 Å². The van der Waals surface area contributed by atoms with Crippen molar-refractivity contribution in [2.24, 2.45) is 0 Å². The fourth-order valence-corrected chi connectivity index (χ4v) is 3.41. The lowest BCUT2D eigenvalue weighted by Crippen LogP contribution is -2.10. The van der Waals surface area contributed by atoms with Gasteiger partial charge >= 0.3 is 5.97 Å². The molecule has 21 heavy (non-hydrogen) atoms. The van der Waals surface area contributed by atoms with Crippen molar-refractivity contribution in [1.29, 1.82) is 0 Å². The van der Waals surface area contributed by atoms with Crippen molar-refractivity contribution in [2.75, 3.05) is 0 Å². The van der Waals surface area contributed by atoms with Gasteiger partial charge in [0.2, 0.25) is 9.84 Å². The number of rotatable bonds is 3. The first kappa shape index (κ1) is 14.9. The van der Waals surface area contributed by atoms with E-state index in [1.54, 1.807) is 19.1 Å². The maximum atomic E-state index is 12.5. The summed E-state index contributed by atoms with van der Waals surface area (Å²) in [6.07, 6.45) is 0. The molecular weight excluding hydrogens is 296 g/mol. The van der Waals surface area contributed by atoms with Crippen LogP contribution in [-0.4, -0.2) is 29.7 Å². The molecular formula is C14H12O6S. The number of hydrogen-bond donors (Lipinski definition) is 3. The molecule has 2 aromatic carbocycles. The van der Waals surface area contributed by atoms with Gasteiger partial charge < -0.3 is 15.3 Å². The van der Waals surface area contributed by atoms with Gasteiger partial charge in [0, 0.05) is 0 Å². The fraction of sp³-hybridized carbons (Fsp3) is 0.0714. The molecule has 0 aromatic heterocycles. The molecule has 0 fully saturated rings. The molecule has 0 aliphatic heterocycles. The van der Waals surface area contributed by atoms with Crippen LogP contribution in [-0.2, 0) is 9.84 Å².